The van der Waals surface area contributed by atoms with Crippen molar-refractivity contribution in [3.8, 4) is 28.8 Å². The molecule has 2 aromatic rings. The van der Waals surface area contributed by atoms with Crippen LogP contribution < -0.4 is 14.4 Å². The molecule has 0 saturated heterocycles. The van der Waals surface area contributed by atoms with Crippen molar-refractivity contribution in [1.29, 1.82) is 5.26 Å². The molecule has 0 fully saturated rings. The number of benzene rings is 1. The van der Waals surface area contributed by atoms with Crippen LogP contribution in [0.3, 0.4) is 0 Å². The highest BCUT2D eigenvalue weighted by molar-refractivity contribution is 5.66. The van der Waals surface area contributed by atoms with Crippen molar-refractivity contribution in [2.24, 2.45) is 0 Å². The van der Waals surface area contributed by atoms with Gasteiger partial charge in [0.2, 0.25) is 5.95 Å². The molecule has 0 bridgehead atoms. The van der Waals surface area contributed by atoms with Crippen LogP contribution in [0.1, 0.15) is 0 Å². The van der Waals surface area contributed by atoms with Gasteiger partial charge in [0.05, 0.1) is 0 Å². The fourth-order valence-electron chi connectivity index (χ4n) is 1.91. The fraction of sp³-hybridized carbons (Fsp3) is 0.214. The maximum Gasteiger partial charge on any atom is 0.238 e. The van der Waals surface area contributed by atoms with E-state index in [9.17, 15) is 0 Å². The zero-order valence-corrected chi connectivity index (χ0v) is 10.9. The van der Waals surface area contributed by atoms with E-state index < -0.39 is 0 Å². The Morgan fingerprint density at radius 1 is 1.10 bits per heavy atom. The molecule has 3 rings (SSSR count). The van der Waals surface area contributed by atoms with Crippen molar-refractivity contribution < 1.29 is 9.47 Å². The normalized spacial score (nSPS) is 12.6. The standard InChI is InChI=1S/C14H12N4O2/c1-18(9-15)14-16-7-11(8-17-14)10-2-3-12-13(6-10)20-5-4-19-12/h2-3,6-8H,4-5H2,1H3. The van der Waals surface area contributed by atoms with Crippen LogP contribution in [-0.4, -0.2) is 30.2 Å². The summed E-state index contributed by atoms with van der Waals surface area (Å²) in [7, 11) is 1.61. The molecule has 0 unspecified atom stereocenters. The Morgan fingerprint density at radius 2 is 1.80 bits per heavy atom. The second kappa shape index (κ2) is 5.05. The number of aromatic nitrogens is 2. The van der Waals surface area contributed by atoms with Crippen molar-refractivity contribution in [1.82, 2.24) is 9.97 Å². The van der Waals surface area contributed by atoms with Gasteiger partial charge in [-0.15, -0.1) is 0 Å². The molecular formula is C14H12N4O2. The van der Waals surface area contributed by atoms with Crippen LogP contribution in [-0.2, 0) is 0 Å². The minimum atomic E-state index is 0.369. The van der Waals surface area contributed by atoms with E-state index >= 15 is 0 Å². The summed E-state index contributed by atoms with van der Waals surface area (Å²) >= 11 is 0. The van der Waals surface area contributed by atoms with Gasteiger partial charge in [0.25, 0.3) is 0 Å². The Labute approximate surface area is 116 Å². The Bertz CT molecular complexity index is 664. The van der Waals surface area contributed by atoms with Crippen LogP contribution in [0.5, 0.6) is 11.5 Å². The van der Waals surface area contributed by atoms with E-state index in [2.05, 4.69) is 9.97 Å². The molecule has 0 atom stereocenters. The van der Waals surface area contributed by atoms with Gasteiger partial charge >= 0.3 is 0 Å². The molecule has 1 aromatic heterocycles. The first kappa shape index (κ1) is 12.2. The van der Waals surface area contributed by atoms with E-state index in [4.69, 9.17) is 14.7 Å². The Hall–Kier alpha value is -2.81. The first-order valence-electron chi connectivity index (χ1n) is 6.13. The number of hydrogen-bond acceptors (Lipinski definition) is 6. The number of ether oxygens (including phenoxy) is 2. The summed E-state index contributed by atoms with van der Waals surface area (Å²) < 4.78 is 11.0. The number of nitrogens with zero attached hydrogens (tertiary/aromatic N) is 4. The lowest BCUT2D eigenvalue weighted by atomic mass is 10.1. The molecule has 1 aliphatic heterocycles. The summed E-state index contributed by atoms with van der Waals surface area (Å²) in [6.45, 7) is 1.13. The number of nitriles is 1. The summed E-state index contributed by atoms with van der Waals surface area (Å²) in [4.78, 5) is 9.62. The summed E-state index contributed by atoms with van der Waals surface area (Å²) in [5.74, 6) is 1.85. The van der Waals surface area contributed by atoms with Crippen LogP contribution in [0.4, 0.5) is 5.95 Å². The molecule has 100 valence electrons. The Morgan fingerprint density at radius 3 is 2.50 bits per heavy atom. The molecule has 1 aromatic carbocycles. The van der Waals surface area contributed by atoms with Gasteiger partial charge in [-0.1, -0.05) is 6.07 Å². The Balaban J connectivity index is 1.91. The topological polar surface area (TPSA) is 71.3 Å². The highest BCUT2D eigenvalue weighted by Crippen LogP contribution is 2.34. The maximum atomic E-state index is 8.77. The average molecular weight is 268 g/mol. The van der Waals surface area contributed by atoms with Crippen molar-refractivity contribution in [3.05, 3.63) is 30.6 Å². The van der Waals surface area contributed by atoms with Crippen molar-refractivity contribution in [3.63, 3.8) is 0 Å². The lowest BCUT2D eigenvalue weighted by molar-refractivity contribution is 0.171. The van der Waals surface area contributed by atoms with E-state index in [1.54, 1.807) is 19.4 Å². The van der Waals surface area contributed by atoms with Gasteiger partial charge < -0.3 is 9.47 Å². The molecule has 0 aliphatic carbocycles. The smallest absolute Gasteiger partial charge is 0.238 e. The zero-order valence-electron chi connectivity index (χ0n) is 10.9. The van der Waals surface area contributed by atoms with Gasteiger partial charge in [0.15, 0.2) is 17.7 Å². The minimum absolute atomic E-state index is 0.369. The highest BCUT2D eigenvalue weighted by atomic mass is 16.6. The number of rotatable bonds is 2. The largest absolute Gasteiger partial charge is 0.486 e. The third kappa shape index (κ3) is 2.21. The van der Waals surface area contributed by atoms with E-state index in [1.165, 1.54) is 4.90 Å². The summed E-state index contributed by atoms with van der Waals surface area (Å²) in [6.07, 6.45) is 5.32. The SMILES string of the molecule is CN(C#N)c1ncc(-c2ccc3c(c2)OCCO3)cn1. The van der Waals surface area contributed by atoms with Crippen LogP contribution in [0.15, 0.2) is 30.6 Å². The molecule has 0 spiro atoms. The molecule has 2 heterocycles. The molecule has 6 nitrogen and oxygen atoms in total. The van der Waals surface area contributed by atoms with Crippen LogP contribution in [0.2, 0.25) is 0 Å². The van der Waals surface area contributed by atoms with E-state index in [1.807, 2.05) is 24.4 Å². The van der Waals surface area contributed by atoms with Gasteiger partial charge in [-0.3, -0.25) is 4.90 Å². The minimum Gasteiger partial charge on any atom is -0.486 e. The molecule has 0 N–H and O–H groups in total. The maximum absolute atomic E-state index is 8.77. The Kier molecular flexibility index (Phi) is 3.09. The van der Waals surface area contributed by atoms with Gasteiger partial charge in [-0.05, 0) is 17.7 Å². The van der Waals surface area contributed by atoms with Gasteiger partial charge in [0.1, 0.15) is 13.2 Å². The lowest BCUT2D eigenvalue weighted by Gasteiger charge is -2.18. The first-order valence-corrected chi connectivity index (χ1v) is 6.13. The van der Waals surface area contributed by atoms with Gasteiger partial charge in [-0.2, -0.15) is 5.26 Å². The molecule has 6 heteroatoms. The predicted octanol–water partition coefficient (Wildman–Crippen LogP) is 1.83. The monoisotopic (exact) mass is 268 g/mol. The van der Waals surface area contributed by atoms with Crippen molar-refractivity contribution in [2.75, 3.05) is 25.2 Å². The van der Waals surface area contributed by atoms with Crippen LogP contribution in [0.25, 0.3) is 11.1 Å². The predicted molar refractivity (Wildman–Crippen MR) is 72.5 cm³/mol. The van der Waals surface area contributed by atoms with E-state index in [-0.39, 0.29) is 0 Å². The molecule has 1 aliphatic rings. The first-order chi connectivity index (χ1) is 9.78. The summed E-state index contributed by atoms with van der Waals surface area (Å²) in [5.41, 5.74) is 1.80. The van der Waals surface area contributed by atoms with Gasteiger partial charge in [0, 0.05) is 25.0 Å². The lowest BCUT2D eigenvalue weighted by Crippen LogP contribution is -2.15. The second-order valence-corrected chi connectivity index (χ2v) is 4.29. The second-order valence-electron chi connectivity index (χ2n) is 4.29. The van der Waals surface area contributed by atoms with Crippen LogP contribution in [0, 0.1) is 11.5 Å². The van der Waals surface area contributed by atoms with Gasteiger partial charge in [-0.25, -0.2) is 9.97 Å². The van der Waals surface area contributed by atoms with Crippen LogP contribution >= 0.6 is 0 Å². The summed E-state index contributed by atoms with van der Waals surface area (Å²) in [6, 6.07) is 5.71. The molecule has 20 heavy (non-hydrogen) atoms. The highest BCUT2D eigenvalue weighted by Gasteiger charge is 2.13. The third-order valence-corrected chi connectivity index (χ3v) is 2.96. The fourth-order valence-corrected chi connectivity index (χ4v) is 1.91. The number of fused-ring (bicyclic) bond motifs is 1. The molecule has 0 saturated carbocycles. The summed E-state index contributed by atoms with van der Waals surface area (Å²) in [5, 5.41) is 8.77. The van der Waals surface area contributed by atoms with E-state index in [0.29, 0.717) is 19.2 Å². The molecule has 0 amide bonds. The van der Waals surface area contributed by atoms with Crippen molar-refractivity contribution in [2.45, 2.75) is 0 Å². The average Bonchev–Trinajstić information content (AvgIpc) is 2.54. The van der Waals surface area contributed by atoms with Crippen molar-refractivity contribution >= 4 is 5.95 Å². The zero-order chi connectivity index (χ0) is 13.9. The van der Waals surface area contributed by atoms with E-state index in [0.717, 1.165) is 22.6 Å². The molecule has 0 radical (unpaired) electrons. The third-order valence-electron chi connectivity index (χ3n) is 2.96. The number of hydrogen-bond donors (Lipinski definition) is 0. The number of anilines is 1. The quantitative estimate of drug-likeness (QED) is 0.611. The molecular weight excluding hydrogens is 256 g/mol.